The maximum atomic E-state index is 15.2. The molecular weight excluding hydrogens is 543 g/mol. The average molecular weight is 577 g/mol. The van der Waals surface area contributed by atoms with E-state index in [2.05, 4.69) is 5.16 Å². The summed E-state index contributed by atoms with van der Waals surface area (Å²) in [5, 5.41) is 38.9. The summed E-state index contributed by atoms with van der Waals surface area (Å²) in [7, 11) is 3.49. The molecule has 0 aliphatic heterocycles. The van der Waals surface area contributed by atoms with Crippen LogP contribution in [0.2, 0.25) is 0 Å². The molecule has 3 N–H and O–H groups in total. The minimum atomic E-state index is -2.49. The van der Waals surface area contributed by atoms with E-state index in [-0.39, 0.29) is 53.4 Å². The van der Waals surface area contributed by atoms with Crippen molar-refractivity contribution < 1.29 is 38.6 Å². The topological polar surface area (TPSA) is 133 Å². The molecule has 0 saturated carbocycles. The van der Waals surface area contributed by atoms with Gasteiger partial charge < -0.3 is 24.6 Å². The van der Waals surface area contributed by atoms with Gasteiger partial charge in [0.2, 0.25) is 5.78 Å². The molecule has 0 fully saturated rings. The van der Waals surface area contributed by atoms with Gasteiger partial charge >= 0.3 is 0 Å². The zero-order valence-corrected chi connectivity index (χ0v) is 24.1. The number of benzene rings is 2. The van der Waals surface area contributed by atoms with Crippen LogP contribution in [-0.2, 0) is 18.4 Å². The van der Waals surface area contributed by atoms with Crippen molar-refractivity contribution in [1.29, 1.82) is 0 Å². The van der Waals surface area contributed by atoms with Gasteiger partial charge in [-0.2, -0.15) is 0 Å². The second-order valence-corrected chi connectivity index (χ2v) is 12.7. The smallest absolute Gasteiger partial charge is 0.265 e. The molecule has 4 atom stereocenters. The first-order valence-electron chi connectivity index (χ1n) is 13.9. The van der Waals surface area contributed by atoms with Crippen LogP contribution in [0.3, 0.4) is 0 Å². The molecule has 10 heteroatoms. The van der Waals surface area contributed by atoms with E-state index in [9.17, 15) is 24.9 Å². The van der Waals surface area contributed by atoms with Crippen LogP contribution in [0.4, 0.5) is 4.39 Å². The van der Waals surface area contributed by atoms with Crippen LogP contribution < -0.4 is 4.74 Å². The number of phenolic OH excluding ortho intramolecular Hbond substituents is 1. The van der Waals surface area contributed by atoms with E-state index in [4.69, 9.17) is 9.26 Å². The van der Waals surface area contributed by atoms with Crippen LogP contribution in [0.5, 0.6) is 11.6 Å². The molecule has 3 aliphatic carbocycles. The molecule has 0 bridgehead atoms. The number of carbonyl (C=O) groups is 2. The van der Waals surface area contributed by atoms with Crippen molar-refractivity contribution in [1.82, 2.24) is 10.1 Å². The van der Waals surface area contributed by atoms with Crippen LogP contribution in [-0.4, -0.2) is 56.6 Å². The van der Waals surface area contributed by atoms with Gasteiger partial charge in [-0.1, -0.05) is 51.1 Å². The first kappa shape index (κ1) is 28.1. The minimum absolute atomic E-state index is 0.0173. The van der Waals surface area contributed by atoms with E-state index in [0.717, 1.165) is 5.56 Å². The Balaban J connectivity index is 1.48. The van der Waals surface area contributed by atoms with E-state index < -0.39 is 57.8 Å². The van der Waals surface area contributed by atoms with Crippen molar-refractivity contribution in [2.24, 2.45) is 11.8 Å². The Morgan fingerprint density at radius 2 is 1.83 bits per heavy atom. The molecule has 0 radical (unpaired) electrons. The molecule has 3 aliphatic rings. The zero-order chi connectivity index (χ0) is 30.3. The predicted octanol–water partition coefficient (Wildman–Crippen LogP) is 4.81. The van der Waals surface area contributed by atoms with Gasteiger partial charge in [-0.25, -0.2) is 4.39 Å². The molecule has 1 aromatic heterocycles. The molecule has 220 valence electrons. The monoisotopic (exact) mass is 576 g/mol. The molecule has 3 aromatic rings. The quantitative estimate of drug-likeness (QED) is 0.400. The Bertz CT molecular complexity index is 1650. The van der Waals surface area contributed by atoms with Gasteiger partial charge in [0.1, 0.15) is 29.5 Å². The van der Waals surface area contributed by atoms with E-state index >= 15 is 4.39 Å². The van der Waals surface area contributed by atoms with E-state index in [1.165, 1.54) is 6.07 Å². The van der Waals surface area contributed by atoms with Gasteiger partial charge in [0.25, 0.3) is 5.88 Å². The molecule has 9 nitrogen and oxygen atoms in total. The number of aliphatic hydroxyl groups excluding tert-OH is 1. The fourth-order valence-electron chi connectivity index (χ4n) is 6.99. The first-order chi connectivity index (χ1) is 19.8. The van der Waals surface area contributed by atoms with Gasteiger partial charge in [0.15, 0.2) is 17.1 Å². The van der Waals surface area contributed by atoms with Crippen molar-refractivity contribution in [3.05, 3.63) is 87.1 Å². The van der Waals surface area contributed by atoms with Crippen molar-refractivity contribution in [3.8, 4) is 11.6 Å². The lowest BCUT2D eigenvalue weighted by Crippen LogP contribution is -2.59. The van der Waals surface area contributed by atoms with Gasteiger partial charge in [0.05, 0.1) is 11.6 Å². The van der Waals surface area contributed by atoms with Crippen molar-refractivity contribution in [2.75, 3.05) is 14.1 Å². The van der Waals surface area contributed by atoms with Crippen molar-refractivity contribution >= 4 is 11.6 Å². The summed E-state index contributed by atoms with van der Waals surface area (Å²) in [6, 6.07) is 9.79. The number of halogens is 1. The summed E-state index contributed by atoms with van der Waals surface area (Å²) in [5.74, 6) is -4.98. The normalized spacial score (nSPS) is 25.2. The highest BCUT2D eigenvalue weighted by Crippen LogP contribution is 2.56. The largest absolute Gasteiger partial charge is 0.508 e. The minimum Gasteiger partial charge on any atom is -0.508 e. The van der Waals surface area contributed by atoms with Crippen LogP contribution in [0.15, 0.2) is 52.3 Å². The van der Waals surface area contributed by atoms with Gasteiger partial charge in [-0.15, -0.1) is 0 Å². The highest BCUT2D eigenvalue weighted by molar-refractivity contribution is 6.16. The Kier molecular flexibility index (Phi) is 6.36. The number of aromatic hydroxyl groups is 1. The summed E-state index contributed by atoms with van der Waals surface area (Å²) in [6.07, 6.45) is 0.240. The number of Topliss-reactive ketones (excluding diaryl/α,β-unsaturated/α-hetero) is 2. The van der Waals surface area contributed by atoms with Crippen molar-refractivity contribution in [3.63, 3.8) is 0 Å². The lowest BCUT2D eigenvalue weighted by molar-refractivity contribution is -0.0559. The molecule has 0 unspecified atom stereocenters. The number of phenols is 1. The second kappa shape index (κ2) is 9.50. The SMILES string of the molecule is CN(C)[C@@H]1c2onc(OCc3ccccc3)c2C(=O)[C@@]2(O)C(O)=C3C(=O)c4c(cc(F)c(C(C)(C)C)c4O)C[C@H]3C[C@@H]12. The summed E-state index contributed by atoms with van der Waals surface area (Å²) in [5.41, 5.74) is -2.55. The molecule has 0 amide bonds. The van der Waals surface area contributed by atoms with Crippen molar-refractivity contribution in [2.45, 2.75) is 57.3 Å². The van der Waals surface area contributed by atoms with E-state index in [1.54, 1.807) is 39.8 Å². The van der Waals surface area contributed by atoms with Gasteiger partial charge in [-0.05, 0) is 60.6 Å². The van der Waals surface area contributed by atoms with E-state index in [1.807, 2.05) is 30.3 Å². The Labute approximate surface area is 242 Å². The average Bonchev–Trinajstić information content (AvgIpc) is 3.32. The molecule has 42 heavy (non-hydrogen) atoms. The zero-order valence-electron chi connectivity index (χ0n) is 24.1. The Morgan fingerprint density at radius 1 is 1.14 bits per heavy atom. The lowest BCUT2D eigenvalue weighted by atomic mass is 9.58. The fourth-order valence-corrected chi connectivity index (χ4v) is 6.99. The van der Waals surface area contributed by atoms with Gasteiger partial charge in [0, 0.05) is 17.1 Å². The standard InChI is InChI=1S/C32H33FN2O7/c1-31(2,3)23-19(33)13-17-11-16-12-18-24(35(4)5)27-22(30(34-42-27)41-14-15-9-7-6-8-10-15)29(39)32(18,40)28(38)21(16)25(36)20(17)26(23)37/h6-10,13,16,18,24,37-38,40H,11-12,14H2,1-5H3/t16-,18-,24-,32-/m0/s1. The third-order valence-corrected chi connectivity index (χ3v) is 8.81. The number of aliphatic hydroxyl groups is 2. The molecule has 0 spiro atoms. The summed E-state index contributed by atoms with van der Waals surface area (Å²) in [4.78, 5) is 29.8. The number of allylic oxidation sites excluding steroid dienone is 1. The number of hydrogen-bond donors (Lipinski definition) is 3. The number of rotatable bonds is 4. The molecule has 1 heterocycles. The number of aromatic nitrogens is 1. The highest BCUT2D eigenvalue weighted by atomic mass is 19.1. The summed E-state index contributed by atoms with van der Waals surface area (Å²) in [6.45, 7) is 5.23. The Hall–Kier alpha value is -4.02. The molecule has 0 saturated heterocycles. The predicted molar refractivity (Wildman–Crippen MR) is 149 cm³/mol. The maximum Gasteiger partial charge on any atom is 0.265 e. The molecule has 6 rings (SSSR count). The van der Waals surface area contributed by atoms with Crippen LogP contribution in [0.1, 0.15) is 76.4 Å². The second-order valence-electron chi connectivity index (χ2n) is 12.7. The lowest BCUT2D eigenvalue weighted by Gasteiger charge is -2.49. The first-order valence-corrected chi connectivity index (χ1v) is 13.9. The Morgan fingerprint density at radius 3 is 2.48 bits per heavy atom. The fraction of sp³-hybridized carbons (Fsp3) is 0.406. The van der Waals surface area contributed by atoms with Crippen LogP contribution in [0, 0.1) is 17.7 Å². The van der Waals surface area contributed by atoms with E-state index in [0.29, 0.717) is 5.56 Å². The van der Waals surface area contributed by atoms with Gasteiger partial charge in [-0.3, -0.25) is 14.5 Å². The number of nitrogens with zero attached hydrogens (tertiary/aromatic N) is 2. The molecular formula is C32H33FN2O7. The van der Waals surface area contributed by atoms with Crippen LogP contribution >= 0.6 is 0 Å². The van der Waals surface area contributed by atoms with Crippen LogP contribution in [0.25, 0.3) is 0 Å². The summed E-state index contributed by atoms with van der Waals surface area (Å²) >= 11 is 0. The molecule has 2 aromatic carbocycles. The summed E-state index contributed by atoms with van der Waals surface area (Å²) < 4.78 is 26.7. The maximum absolute atomic E-state index is 15.2. The third-order valence-electron chi connectivity index (χ3n) is 8.81. The number of hydrogen-bond acceptors (Lipinski definition) is 9. The number of ether oxygens (including phenoxy) is 1. The highest BCUT2D eigenvalue weighted by Gasteiger charge is 2.64. The number of fused-ring (bicyclic) bond motifs is 4. The number of ketones is 2. The third kappa shape index (κ3) is 3.92. The number of carbonyl (C=O) groups excluding carboxylic acids is 2.